The molecule has 9 heteroatoms. The van der Waals surface area contributed by atoms with Gasteiger partial charge in [0.25, 0.3) is 0 Å². The number of hydrogen-bond acceptors (Lipinski definition) is 6. The van der Waals surface area contributed by atoms with E-state index < -0.39 is 23.8 Å². The minimum Gasteiger partial charge on any atom is -0.445 e. The van der Waals surface area contributed by atoms with Gasteiger partial charge in [-0.1, -0.05) is 48.5 Å². The number of nitrogens with one attached hydrogen (secondary N) is 3. The molecule has 1 aromatic heterocycles. The monoisotopic (exact) mass is 506 g/mol. The SMILES string of the molecule is CC(C)(C)OC(=O)NCCCC[C@H](NC(=O)OCc1ccccc1)C(=O)Nc1cccc2cccnc12. The topological polar surface area (TPSA) is 119 Å². The van der Waals surface area contributed by atoms with E-state index in [0.717, 1.165) is 10.9 Å². The molecule has 3 rings (SSSR count). The highest BCUT2D eigenvalue weighted by molar-refractivity contribution is 6.03. The summed E-state index contributed by atoms with van der Waals surface area (Å²) in [5, 5.41) is 9.16. The normalized spacial score (nSPS) is 11.9. The lowest BCUT2D eigenvalue weighted by Gasteiger charge is -2.20. The molecule has 3 amide bonds. The molecule has 1 atom stereocenters. The van der Waals surface area contributed by atoms with Gasteiger partial charge in [0.05, 0.1) is 11.2 Å². The molecule has 196 valence electrons. The van der Waals surface area contributed by atoms with Gasteiger partial charge >= 0.3 is 12.2 Å². The van der Waals surface area contributed by atoms with E-state index in [9.17, 15) is 14.4 Å². The molecule has 0 bridgehead atoms. The van der Waals surface area contributed by atoms with Gasteiger partial charge in [-0.25, -0.2) is 9.59 Å². The number of rotatable bonds is 10. The molecule has 0 fully saturated rings. The Morgan fingerprint density at radius 1 is 0.919 bits per heavy atom. The van der Waals surface area contributed by atoms with Crippen molar-refractivity contribution in [2.24, 2.45) is 0 Å². The third kappa shape index (κ3) is 9.44. The Balaban J connectivity index is 1.59. The van der Waals surface area contributed by atoms with Crippen molar-refractivity contribution in [2.45, 2.75) is 58.3 Å². The van der Waals surface area contributed by atoms with E-state index in [1.54, 1.807) is 33.0 Å². The molecule has 0 aliphatic rings. The van der Waals surface area contributed by atoms with Crippen molar-refractivity contribution < 1.29 is 23.9 Å². The lowest BCUT2D eigenvalue weighted by atomic mass is 10.1. The summed E-state index contributed by atoms with van der Waals surface area (Å²) in [5.41, 5.74) is 1.48. The van der Waals surface area contributed by atoms with Crippen LogP contribution in [0, 0.1) is 0 Å². The van der Waals surface area contributed by atoms with Crippen LogP contribution in [-0.4, -0.2) is 41.3 Å². The lowest BCUT2D eigenvalue weighted by molar-refractivity contribution is -0.118. The maximum absolute atomic E-state index is 13.2. The number of unbranched alkanes of at least 4 members (excludes halogenated alkanes) is 1. The van der Waals surface area contributed by atoms with Gasteiger partial charge in [0.1, 0.15) is 18.2 Å². The second-order valence-electron chi connectivity index (χ2n) is 9.55. The fraction of sp³-hybridized carbons (Fsp3) is 0.357. The standard InChI is InChI=1S/C28H34N4O5/c1-28(2,3)37-26(34)30-17-8-7-15-23(32-27(35)36-19-20-11-5-4-6-12-20)25(33)31-22-16-9-13-21-14-10-18-29-24(21)22/h4-6,9-14,16,18,23H,7-8,15,17,19H2,1-3H3,(H,30,34)(H,31,33)(H,32,35)/t23-/m0/s1. The predicted molar refractivity (Wildman–Crippen MR) is 142 cm³/mol. The van der Waals surface area contributed by atoms with Gasteiger partial charge in [0.2, 0.25) is 5.91 Å². The summed E-state index contributed by atoms with van der Waals surface area (Å²) in [5.74, 6) is -0.380. The molecule has 0 spiro atoms. The van der Waals surface area contributed by atoms with E-state index in [2.05, 4.69) is 20.9 Å². The molecule has 1 heterocycles. The highest BCUT2D eigenvalue weighted by atomic mass is 16.6. The minimum atomic E-state index is -0.844. The Labute approximate surface area is 216 Å². The summed E-state index contributed by atoms with van der Waals surface area (Å²) in [6.45, 7) is 5.86. The molecule has 37 heavy (non-hydrogen) atoms. The minimum absolute atomic E-state index is 0.0913. The summed E-state index contributed by atoms with van der Waals surface area (Å²) >= 11 is 0. The highest BCUT2D eigenvalue weighted by Crippen LogP contribution is 2.21. The van der Waals surface area contributed by atoms with Crippen LogP contribution in [0.15, 0.2) is 66.9 Å². The molecule has 2 aromatic carbocycles. The maximum Gasteiger partial charge on any atom is 0.408 e. The summed E-state index contributed by atoms with van der Waals surface area (Å²) in [4.78, 5) is 41.9. The number of para-hydroxylation sites is 1. The number of benzene rings is 2. The van der Waals surface area contributed by atoms with Crippen LogP contribution >= 0.6 is 0 Å². The van der Waals surface area contributed by atoms with Crippen molar-refractivity contribution in [1.82, 2.24) is 15.6 Å². The number of alkyl carbamates (subject to hydrolysis) is 2. The number of pyridine rings is 1. The maximum atomic E-state index is 13.2. The number of anilines is 1. The van der Waals surface area contributed by atoms with Gasteiger partial charge in [-0.05, 0) is 57.7 Å². The van der Waals surface area contributed by atoms with E-state index in [0.29, 0.717) is 37.0 Å². The number of hydrogen-bond donors (Lipinski definition) is 3. The van der Waals surface area contributed by atoms with Crippen LogP contribution < -0.4 is 16.0 Å². The quantitative estimate of drug-likeness (QED) is 0.327. The Morgan fingerprint density at radius 2 is 1.68 bits per heavy atom. The average Bonchev–Trinajstić information content (AvgIpc) is 2.86. The van der Waals surface area contributed by atoms with Crippen LogP contribution in [0.25, 0.3) is 10.9 Å². The van der Waals surface area contributed by atoms with Gasteiger partial charge in [0.15, 0.2) is 0 Å². The molecule has 0 saturated heterocycles. The van der Waals surface area contributed by atoms with Gasteiger partial charge in [0, 0.05) is 18.1 Å². The fourth-order valence-electron chi connectivity index (χ4n) is 3.58. The Bertz CT molecular complexity index is 1190. The zero-order chi connectivity index (χ0) is 26.7. The summed E-state index contributed by atoms with van der Waals surface area (Å²) < 4.78 is 10.5. The number of carbonyl (C=O) groups is 3. The molecule has 0 aliphatic heterocycles. The predicted octanol–water partition coefficient (Wildman–Crippen LogP) is 5.16. The second-order valence-corrected chi connectivity index (χ2v) is 9.55. The van der Waals surface area contributed by atoms with Crippen molar-refractivity contribution in [3.63, 3.8) is 0 Å². The summed E-state index contributed by atoms with van der Waals surface area (Å²) in [6, 6.07) is 17.7. The van der Waals surface area contributed by atoms with Gasteiger partial charge in [-0.2, -0.15) is 0 Å². The van der Waals surface area contributed by atoms with Crippen LogP contribution in [0.4, 0.5) is 15.3 Å². The zero-order valence-electron chi connectivity index (χ0n) is 21.5. The zero-order valence-corrected chi connectivity index (χ0v) is 21.5. The Morgan fingerprint density at radius 3 is 2.43 bits per heavy atom. The number of ether oxygens (including phenoxy) is 2. The molecule has 9 nitrogen and oxygen atoms in total. The molecule has 0 saturated carbocycles. The van der Waals surface area contributed by atoms with Crippen molar-refractivity contribution in [3.8, 4) is 0 Å². The Kier molecular flexibility index (Phi) is 9.83. The number of aromatic nitrogens is 1. The first-order valence-electron chi connectivity index (χ1n) is 12.3. The van der Waals surface area contributed by atoms with Crippen LogP contribution in [0.2, 0.25) is 0 Å². The largest absolute Gasteiger partial charge is 0.445 e. The van der Waals surface area contributed by atoms with Crippen LogP contribution in [0.1, 0.15) is 45.6 Å². The number of nitrogens with zero attached hydrogens (tertiary/aromatic N) is 1. The van der Waals surface area contributed by atoms with Crippen LogP contribution in [-0.2, 0) is 20.9 Å². The number of fused-ring (bicyclic) bond motifs is 1. The van der Waals surface area contributed by atoms with Crippen LogP contribution in [0.3, 0.4) is 0 Å². The third-order valence-corrected chi connectivity index (χ3v) is 5.30. The molecular weight excluding hydrogens is 472 g/mol. The molecule has 3 aromatic rings. The average molecular weight is 507 g/mol. The first-order valence-corrected chi connectivity index (χ1v) is 12.3. The lowest BCUT2D eigenvalue weighted by Crippen LogP contribution is -2.44. The number of amides is 3. The highest BCUT2D eigenvalue weighted by Gasteiger charge is 2.22. The smallest absolute Gasteiger partial charge is 0.408 e. The van der Waals surface area contributed by atoms with Crippen molar-refractivity contribution in [3.05, 3.63) is 72.4 Å². The van der Waals surface area contributed by atoms with Gasteiger partial charge in [-0.15, -0.1) is 0 Å². The summed E-state index contributed by atoms with van der Waals surface area (Å²) in [6.07, 6.45) is 1.99. The second kappa shape index (κ2) is 13.2. The van der Waals surface area contributed by atoms with Gasteiger partial charge < -0.3 is 25.4 Å². The summed E-state index contributed by atoms with van der Waals surface area (Å²) in [7, 11) is 0. The van der Waals surface area contributed by atoms with Crippen molar-refractivity contribution >= 4 is 34.7 Å². The number of carbonyl (C=O) groups excluding carboxylic acids is 3. The van der Waals surface area contributed by atoms with Crippen LogP contribution in [0.5, 0.6) is 0 Å². The van der Waals surface area contributed by atoms with Gasteiger partial charge in [-0.3, -0.25) is 9.78 Å². The van der Waals surface area contributed by atoms with Crippen molar-refractivity contribution in [1.29, 1.82) is 0 Å². The molecule has 0 aliphatic carbocycles. The van der Waals surface area contributed by atoms with E-state index in [4.69, 9.17) is 9.47 Å². The fourth-order valence-corrected chi connectivity index (χ4v) is 3.58. The molecule has 3 N–H and O–H groups in total. The first-order chi connectivity index (χ1) is 17.7. The van der Waals surface area contributed by atoms with Crippen molar-refractivity contribution in [2.75, 3.05) is 11.9 Å². The van der Waals surface area contributed by atoms with E-state index in [1.165, 1.54) is 0 Å². The molecule has 0 radical (unpaired) electrons. The Hall–Kier alpha value is -4.14. The van der Waals surface area contributed by atoms with E-state index >= 15 is 0 Å². The molecule has 0 unspecified atom stereocenters. The third-order valence-electron chi connectivity index (χ3n) is 5.30. The molecular formula is C28H34N4O5. The van der Waals surface area contributed by atoms with E-state index in [1.807, 2.05) is 54.6 Å². The first kappa shape index (κ1) is 27.4. The van der Waals surface area contributed by atoms with E-state index in [-0.39, 0.29) is 12.5 Å².